The summed E-state index contributed by atoms with van der Waals surface area (Å²) in [6.07, 6.45) is 22.1. The third-order valence-corrected chi connectivity index (χ3v) is 7.20. The van der Waals surface area contributed by atoms with Crippen molar-refractivity contribution in [1.29, 1.82) is 0 Å². The van der Waals surface area contributed by atoms with Crippen LogP contribution in [0.3, 0.4) is 0 Å². The molecule has 0 nitrogen and oxygen atoms in total. The predicted octanol–water partition coefficient (Wildman–Crippen LogP) is 8.57. The maximum atomic E-state index is 13.5. The molecule has 2 heteroatoms. The van der Waals surface area contributed by atoms with Crippen molar-refractivity contribution in [2.45, 2.75) is 96.3 Å². The first-order chi connectivity index (χ1) is 13.7. The lowest BCUT2D eigenvalue weighted by atomic mass is 9.77. The fraction of sp³-hybridized carbons (Fsp3) is 0.692. The molecule has 0 aromatic heterocycles. The van der Waals surface area contributed by atoms with Crippen molar-refractivity contribution in [3.05, 3.63) is 47.5 Å². The van der Waals surface area contributed by atoms with E-state index in [1.54, 1.807) is 6.07 Å². The van der Waals surface area contributed by atoms with Crippen molar-refractivity contribution in [3.63, 3.8) is 0 Å². The SMILES string of the molecule is CCCCCC[C@H]1CC[C@H](C=C[C@H]2CC[C@H](c3ccc(F)c(F)c3)CC2)CC1. The molecule has 0 amide bonds. The molecule has 3 rings (SSSR count). The van der Waals surface area contributed by atoms with Crippen LogP contribution in [-0.4, -0.2) is 0 Å². The van der Waals surface area contributed by atoms with E-state index in [9.17, 15) is 8.78 Å². The predicted molar refractivity (Wildman–Crippen MR) is 114 cm³/mol. The molecular formula is C26H38F2. The number of halogens is 2. The summed E-state index contributed by atoms with van der Waals surface area (Å²) < 4.78 is 26.6. The lowest BCUT2D eigenvalue weighted by Crippen LogP contribution is -2.15. The molecule has 0 saturated heterocycles. The van der Waals surface area contributed by atoms with Crippen molar-refractivity contribution in [2.24, 2.45) is 17.8 Å². The third-order valence-electron chi connectivity index (χ3n) is 7.20. The summed E-state index contributed by atoms with van der Waals surface area (Å²) in [5.41, 5.74) is 0.971. The van der Waals surface area contributed by atoms with E-state index in [1.165, 1.54) is 82.8 Å². The normalized spacial score (nSPS) is 28.7. The second kappa shape index (κ2) is 11.1. The molecule has 2 saturated carbocycles. The molecule has 2 aliphatic rings. The van der Waals surface area contributed by atoms with Gasteiger partial charge in [0.1, 0.15) is 0 Å². The minimum absolute atomic E-state index is 0.392. The van der Waals surface area contributed by atoms with Crippen LogP contribution in [0.4, 0.5) is 8.78 Å². The van der Waals surface area contributed by atoms with Crippen molar-refractivity contribution in [3.8, 4) is 0 Å². The molecule has 0 atom stereocenters. The van der Waals surface area contributed by atoms with Gasteiger partial charge in [-0.25, -0.2) is 8.78 Å². The molecule has 0 bridgehead atoms. The lowest BCUT2D eigenvalue weighted by Gasteiger charge is -2.29. The van der Waals surface area contributed by atoms with Gasteiger partial charge in [-0.3, -0.25) is 0 Å². The highest BCUT2D eigenvalue weighted by Gasteiger charge is 2.23. The first kappa shape index (κ1) is 21.5. The number of rotatable bonds is 8. The van der Waals surface area contributed by atoms with Crippen LogP contribution in [0.25, 0.3) is 0 Å². The molecule has 28 heavy (non-hydrogen) atoms. The number of benzene rings is 1. The van der Waals surface area contributed by atoms with Crippen LogP contribution in [-0.2, 0) is 0 Å². The minimum Gasteiger partial charge on any atom is -0.204 e. The Morgan fingerprint density at radius 2 is 1.43 bits per heavy atom. The Hall–Kier alpha value is -1.18. The molecule has 156 valence electrons. The van der Waals surface area contributed by atoms with E-state index < -0.39 is 11.6 Å². The zero-order valence-electron chi connectivity index (χ0n) is 17.6. The van der Waals surface area contributed by atoms with E-state index in [0.29, 0.717) is 11.8 Å². The van der Waals surface area contributed by atoms with Gasteiger partial charge >= 0.3 is 0 Å². The first-order valence-electron chi connectivity index (χ1n) is 11.8. The first-order valence-corrected chi connectivity index (χ1v) is 11.8. The molecule has 0 N–H and O–H groups in total. The Labute approximate surface area is 170 Å². The van der Waals surface area contributed by atoms with E-state index >= 15 is 0 Å². The van der Waals surface area contributed by atoms with Gasteiger partial charge in [-0.05, 0) is 92.7 Å². The van der Waals surface area contributed by atoms with Gasteiger partial charge in [-0.2, -0.15) is 0 Å². The largest absolute Gasteiger partial charge is 0.204 e. The monoisotopic (exact) mass is 388 g/mol. The number of unbranched alkanes of at least 4 members (excludes halogenated alkanes) is 3. The maximum absolute atomic E-state index is 13.5. The summed E-state index contributed by atoms with van der Waals surface area (Å²) in [6.45, 7) is 2.28. The zero-order valence-corrected chi connectivity index (χ0v) is 17.6. The van der Waals surface area contributed by atoms with Crippen molar-refractivity contribution in [2.75, 3.05) is 0 Å². The maximum Gasteiger partial charge on any atom is 0.159 e. The van der Waals surface area contributed by atoms with Crippen molar-refractivity contribution >= 4 is 0 Å². The van der Waals surface area contributed by atoms with Crippen molar-refractivity contribution < 1.29 is 8.78 Å². The topological polar surface area (TPSA) is 0 Å². The fourth-order valence-corrected chi connectivity index (χ4v) is 5.25. The van der Waals surface area contributed by atoms with Gasteiger partial charge in [0, 0.05) is 0 Å². The summed E-state index contributed by atoms with van der Waals surface area (Å²) in [7, 11) is 0. The lowest BCUT2D eigenvalue weighted by molar-refractivity contribution is 0.287. The molecule has 1 aromatic carbocycles. The molecule has 0 spiro atoms. The summed E-state index contributed by atoms with van der Waals surface area (Å²) in [6, 6.07) is 4.44. The van der Waals surface area contributed by atoms with Crippen LogP contribution in [0.5, 0.6) is 0 Å². The van der Waals surface area contributed by atoms with E-state index in [-0.39, 0.29) is 0 Å². The molecular weight excluding hydrogens is 350 g/mol. The molecule has 0 unspecified atom stereocenters. The highest BCUT2D eigenvalue weighted by Crippen LogP contribution is 2.38. The van der Waals surface area contributed by atoms with Gasteiger partial charge in [0.25, 0.3) is 0 Å². The van der Waals surface area contributed by atoms with Crippen LogP contribution in [0.15, 0.2) is 30.4 Å². The molecule has 0 heterocycles. The van der Waals surface area contributed by atoms with Crippen molar-refractivity contribution in [1.82, 2.24) is 0 Å². The highest BCUT2D eigenvalue weighted by molar-refractivity contribution is 5.22. The van der Waals surface area contributed by atoms with Gasteiger partial charge in [-0.1, -0.05) is 57.2 Å². The number of hydrogen-bond donors (Lipinski definition) is 0. The van der Waals surface area contributed by atoms with Crippen LogP contribution < -0.4 is 0 Å². The quantitative estimate of drug-likeness (QED) is 0.309. The molecule has 2 aliphatic carbocycles. The second-order valence-electron chi connectivity index (χ2n) is 9.30. The smallest absolute Gasteiger partial charge is 0.159 e. The molecule has 0 aliphatic heterocycles. The summed E-state index contributed by atoms with van der Waals surface area (Å²) in [5, 5.41) is 0. The second-order valence-corrected chi connectivity index (χ2v) is 9.30. The highest BCUT2D eigenvalue weighted by atomic mass is 19.2. The Morgan fingerprint density at radius 1 is 0.786 bits per heavy atom. The Kier molecular flexibility index (Phi) is 8.55. The third kappa shape index (κ3) is 6.42. The van der Waals surface area contributed by atoms with E-state index in [1.807, 2.05) is 0 Å². The fourth-order valence-electron chi connectivity index (χ4n) is 5.25. The summed E-state index contributed by atoms with van der Waals surface area (Å²) >= 11 is 0. The Morgan fingerprint density at radius 3 is 2.04 bits per heavy atom. The summed E-state index contributed by atoms with van der Waals surface area (Å²) in [5.74, 6) is 1.39. The van der Waals surface area contributed by atoms with E-state index in [0.717, 1.165) is 30.2 Å². The molecule has 2 fully saturated rings. The van der Waals surface area contributed by atoms with Gasteiger partial charge in [0.05, 0.1) is 0 Å². The molecule has 1 aromatic rings. The van der Waals surface area contributed by atoms with Crippen LogP contribution in [0, 0.1) is 29.4 Å². The Bertz CT molecular complexity index is 605. The minimum atomic E-state index is -0.740. The van der Waals surface area contributed by atoms with Gasteiger partial charge < -0.3 is 0 Å². The average Bonchev–Trinajstić information content (AvgIpc) is 2.73. The number of allylic oxidation sites excluding steroid dienone is 2. The number of hydrogen-bond acceptors (Lipinski definition) is 0. The van der Waals surface area contributed by atoms with Gasteiger partial charge in [-0.15, -0.1) is 0 Å². The average molecular weight is 389 g/mol. The standard InChI is InChI=1S/C26H38F2/c1-2-3-4-5-6-20-7-9-21(10-8-20)11-12-22-13-15-23(16-14-22)24-17-18-25(27)26(28)19-24/h11-12,17-23H,2-10,13-16H2,1H3/t20-,21-,22-,23-. The molecule has 0 radical (unpaired) electrons. The van der Waals surface area contributed by atoms with Gasteiger partial charge in [0.15, 0.2) is 11.6 Å². The van der Waals surface area contributed by atoms with Crippen LogP contribution >= 0.6 is 0 Å². The van der Waals surface area contributed by atoms with Crippen LogP contribution in [0.1, 0.15) is 102 Å². The van der Waals surface area contributed by atoms with E-state index in [4.69, 9.17) is 0 Å². The Balaban J connectivity index is 1.36. The van der Waals surface area contributed by atoms with Crippen LogP contribution in [0.2, 0.25) is 0 Å². The zero-order chi connectivity index (χ0) is 19.8. The summed E-state index contributed by atoms with van der Waals surface area (Å²) in [4.78, 5) is 0. The van der Waals surface area contributed by atoms with Gasteiger partial charge in [0.2, 0.25) is 0 Å². The van der Waals surface area contributed by atoms with E-state index in [2.05, 4.69) is 19.1 Å².